The lowest BCUT2D eigenvalue weighted by atomic mass is 10.2. The highest BCUT2D eigenvalue weighted by atomic mass is 16.6. The van der Waals surface area contributed by atoms with Crippen LogP contribution in [0.2, 0.25) is 0 Å². The molecule has 0 amide bonds. The molecule has 2 rings (SSSR count). The predicted octanol–water partition coefficient (Wildman–Crippen LogP) is 1.10. The van der Waals surface area contributed by atoms with Crippen molar-refractivity contribution in [1.82, 2.24) is 4.98 Å². The van der Waals surface area contributed by atoms with Crippen LogP contribution in [0.15, 0.2) is 33.6 Å². The summed E-state index contributed by atoms with van der Waals surface area (Å²) in [6.45, 7) is 0. The fraction of sp³-hybridized carbons (Fsp3) is 0. The first-order chi connectivity index (χ1) is 6.66. The molecule has 0 N–H and O–H groups in total. The van der Waals surface area contributed by atoms with E-state index in [1.807, 2.05) is 0 Å². The van der Waals surface area contributed by atoms with E-state index in [2.05, 4.69) is 4.98 Å². The van der Waals surface area contributed by atoms with E-state index >= 15 is 0 Å². The second kappa shape index (κ2) is 2.91. The van der Waals surface area contributed by atoms with Crippen LogP contribution in [0.1, 0.15) is 0 Å². The molecule has 0 unspecified atom stereocenters. The van der Waals surface area contributed by atoms with Gasteiger partial charge in [0.1, 0.15) is 5.58 Å². The molecule has 6 heteroatoms. The van der Waals surface area contributed by atoms with Crippen LogP contribution in [0.3, 0.4) is 0 Å². The molecular formula is C8H4N2O4. The highest BCUT2D eigenvalue weighted by molar-refractivity contribution is 5.77. The number of aromatic nitrogens is 1. The van der Waals surface area contributed by atoms with Gasteiger partial charge in [0.15, 0.2) is 0 Å². The Morgan fingerprint density at radius 2 is 2.21 bits per heavy atom. The van der Waals surface area contributed by atoms with E-state index in [0.717, 1.165) is 0 Å². The van der Waals surface area contributed by atoms with Crippen LogP contribution < -0.4 is 5.76 Å². The largest absolute Gasteiger partial charge is 0.439 e. The van der Waals surface area contributed by atoms with Crippen LogP contribution in [-0.2, 0) is 0 Å². The van der Waals surface area contributed by atoms with Gasteiger partial charge in [-0.05, 0) is 6.07 Å². The molecule has 0 spiro atoms. The van der Waals surface area contributed by atoms with Crippen LogP contribution in [0, 0.1) is 10.1 Å². The second-order valence-electron chi connectivity index (χ2n) is 2.61. The first kappa shape index (κ1) is 8.36. The normalized spacial score (nSPS) is 10.3. The number of hydrogen-bond donors (Lipinski definition) is 0. The number of nitrogens with zero attached hydrogens (tertiary/aromatic N) is 2. The summed E-state index contributed by atoms with van der Waals surface area (Å²) in [5, 5.41) is 10.8. The standard InChI is InChI=1S/C8H4N2O4/c11-8-9-4-5-3-6(10(12)13)1-2-7(5)14-8/h1-4H. The highest BCUT2D eigenvalue weighted by Gasteiger charge is 2.07. The zero-order valence-corrected chi connectivity index (χ0v) is 6.84. The molecule has 0 aliphatic carbocycles. The van der Waals surface area contributed by atoms with Gasteiger partial charge in [-0.25, -0.2) is 4.79 Å². The molecule has 0 aliphatic rings. The van der Waals surface area contributed by atoms with Gasteiger partial charge in [-0.15, -0.1) is 0 Å². The van der Waals surface area contributed by atoms with E-state index in [0.29, 0.717) is 5.39 Å². The van der Waals surface area contributed by atoms with Gasteiger partial charge in [-0.2, -0.15) is 4.98 Å². The molecule has 0 aliphatic heterocycles. The third-order valence-electron chi connectivity index (χ3n) is 1.71. The quantitative estimate of drug-likeness (QED) is 0.498. The van der Waals surface area contributed by atoms with Gasteiger partial charge in [0.05, 0.1) is 4.92 Å². The average molecular weight is 192 g/mol. The third-order valence-corrected chi connectivity index (χ3v) is 1.71. The molecule has 1 heterocycles. The second-order valence-corrected chi connectivity index (χ2v) is 2.61. The first-order valence-corrected chi connectivity index (χ1v) is 3.71. The lowest BCUT2D eigenvalue weighted by Gasteiger charge is -1.94. The van der Waals surface area contributed by atoms with E-state index in [-0.39, 0.29) is 11.3 Å². The Balaban J connectivity index is 2.73. The Labute approximate surface area is 77.0 Å². The topological polar surface area (TPSA) is 86.2 Å². The minimum atomic E-state index is -0.716. The minimum absolute atomic E-state index is 0.0619. The maximum absolute atomic E-state index is 10.7. The van der Waals surface area contributed by atoms with Crippen molar-refractivity contribution in [3.63, 3.8) is 0 Å². The van der Waals surface area contributed by atoms with E-state index in [9.17, 15) is 14.9 Å². The molecule has 0 atom stereocenters. The molecule has 2 aromatic rings. The van der Waals surface area contributed by atoms with Gasteiger partial charge in [0.25, 0.3) is 5.69 Å². The van der Waals surface area contributed by atoms with Gasteiger partial charge >= 0.3 is 5.76 Å². The molecule has 0 saturated heterocycles. The summed E-state index contributed by atoms with van der Waals surface area (Å²) in [4.78, 5) is 23.9. The number of non-ortho nitro benzene ring substituents is 1. The van der Waals surface area contributed by atoms with Crippen molar-refractivity contribution in [2.75, 3.05) is 0 Å². The van der Waals surface area contributed by atoms with Crippen molar-refractivity contribution in [3.05, 3.63) is 45.1 Å². The van der Waals surface area contributed by atoms with Crippen molar-refractivity contribution < 1.29 is 9.34 Å². The van der Waals surface area contributed by atoms with Gasteiger partial charge < -0.3 is 4.42 Å². The Kier molecular flexibility index (Phi) is 1.74. The summed E-state index contributed by atoms with van der Waals surface area (Å²) < 4.78 is 4.71. The van der Waals surface area contributed by atoms with E-state index in [1.54, 1.807) is 0 Å². The predicted molar refractivity (Wildman–Crippen MR) is 46.9 cm³/mol. The fourth-order valence-corrected chi connectivity index (χ4v) is 1.09. The van der Waals surface area contributed by atoms with Crippen LogP contribution in [0.5, 0.6) is 0 Å². The minimum Gasteiger partial charge on any atom is -0.408 e. The monoisotopic (exact) mass is 192 g/mol. The zero-order chi connectivity index (χ0) is 10.1. The lowest BCUT2D eigenvalue weighted by Crippen LogP contribution is -2.01. The van der Waals surface area contributed by atoms with Crippen molar-refractivity contribution in [3.8, 4) is 0 Å². The molecule has 6 nitrogen and oxygen atoms in total. The number of nitro benzene ring substituents is 1. The van der Waals surface area contributed by atoms with Gasteiger partial charge in [-0.1, -0.05) is 0 Å². The zero-order valence-electron chi connectivity index (χ0n) is 6.84. The van der Waals surface area contributed by atoms with Gasteiger partial charge in [-0.3, -0.25) is 10.1 Å². The van der Waals surface area contributed by atoms with Gasteiger partial charge in [0, 0.05) is 23.7 Å². The molecule has 1 aromatic carbocycles. The van der Waals surface area contributed by atoms with Crippen molar-refractivity contribution >= 4 is 16.7 Å². The summed E-state index contributed by atoms with van der Waals surface area (Å²) in [7, 11) is 0. The Hall–Kier alpha value is -2.24. The molecule has 0 bridgehead atoms. The van der Waals surface area contributed by atoms with Crippen molar-refractivity contribution in [2.24, 2.45) is 0 Å². The van der Waals surface area contributed by atoms with E-state index in [4.69, 9.17) is 4.42 Å². The number of nitro groups is 1. The Bertz CT molecular complexity index is 561. The van der Waals surface area contributed by atoms with Crippen LogP contribution in [0.4, 0.5) is 5.69 Å². The maximum Gasteiger partial charge on any atom is 0.439 e. The lowest BCUT2D eigenvalue weighted by molar-refractivity contribution is -0.384. The molecular weight excluding hydrogens is 188 g/mol. The Morgan fingerprint density at radius 1 is 1.43 bits per heavy atom. The fourth-order valence-electron chi connectivity index (χ4n) is 1.09. The van der Waals surface area contributed by atoms with Crippen molar-refractivity contribution in [2.45, 2.75) is 0 Å². The first-order valence-electron chi connectivity index (χ1n) is 3.71. The van der Waals surface area contributed by atoms with Crippen LogP contribution in [-0.4, -0.2) is 9.91 Å². The number of rotatable bonds is 1. The summed E-state index contributed by atoms with van der Waals surface area (Å²) in [6.07, 6.45) is 1.24. The van der Waals surface area contributed by atoms with Crippen LogP contribution >= 0.6 is 0 Å². The average Bonchev–Trinajstić information content (AvgIpc) is 2.16. The SMILES string of the molecule is O=c1ncc2cc([N+](=O)[O-])ccc2o1. The number of benzene rings is 1. The molecule has 14 heavy (non-hydrogen) atoms. The number of hydrogen-bond acceptors (Lipinski definition) is 5. The third kappa shape index (κ3) is 1.33. The smallest absolute Gasteiger partial charge is 0.408 e. The van der Waals surface area contributed by atoms with Gasteiger partial charge in [0.2, 0.25) is 0 Å². The summed E-state index contributed by atoms with van der Waals surface area (Å²) in [5.41, 5.74) is 0.226. The Morgan fingerprint density at radius 3 is 2.93 bits per heavy atom. The van der Waals surface area contributed by atoms with Crippen molar-refractivity contribution in [1.29, 1.82) is 0 Å². The summed E-state index contributed by atoms with van der Waals surface area (Å²) >= 11 is 0. The number of fused-ring (bicyclic) bond motifs is 1. The summed E-state index contributed by atoms with van der Waals surface area (Å²) in [6, 6.07) is 3.94. The summed E-state index contributed by atoms with van der Waals surface area (Å²) in [5.74, 6) is -0.716. The molecule has 0 saturated carbocycles. The van der Waals surface area contributed by atoms with E-state index in [1.165, 1.54) is 24.4 Å². The van der Waals surface area contributed by atoms with Crippen LogP contribution in [0.25, 0.3) is 11.0 Å². The maximum atomic E-state index is 10.7. The highest BCUT2D eigenvalue weighted by Crippen LogP contribution is 2.18. The molecule has 70 valence electrons. The molecule has 0 fully saturated rings. The molecule has 0 radical (unpaired) electrons. The van der Waals surface area contributed by atoms with E-state index < -0.39 is 10.7 Å². The molecule has 1 aromatic heterocycles.